The summed E-state index contributed by atoms with van der Waals surface area (Å²) >= 11 is 0. The van der Waals surface area contributed by atoms with Crippen molar-refractivity contribution >= 4 is 0 Å². The van der Waals surface area contributed by atoms with Crippen molar-refractivity contribution in [3.63, 3.8) is 0 Å². The van der Waals surface area contributed by atoms with Gasteiger partial charge < -0.3 is 24.8 Å². The Kier molecular flexibility index (Phi) is 6.37. The fourth-order valence-corrected chi connectivity index (χ4v) is 1.88. The fraction of sp³-hybridized carbons (Fsp3) is 1.00. The lowest BCUT2D eigenvalue weighted by molar-refractivity contribution is -0.293. The van der Waals surface area contributed by atoms with E-state index < -0.39 is 30.7 Å². The summed E-state index contributed by atoms with van der Waals surface area (Å²) in [5.41, 5.74) is 0. The highest BCUT2D eigenvalue weighted by atomic mass is 16.7. The lowest BCUT2D eigenvalue weighted by atomic mass is 10.0. The molecule has 5 atom stereocenters. The van der Waals surface area contributed by atoms with E-state index in [9.17, 15) is 15.3 Å². The molecule has 17 heavy (non-hydrogen) atoms. The summed E-state index contributed by atoms with van der Waals surface area (Å²) in [4.78, 5) is 0. The summed E-state index contributed by atoms with van der Waals surface area (Å²) in [5, 5.41) is 28.7. The first-order valence-electron chi connectivity index (χ1n) is 6.39. The molecule has 1 fully saturated rings. The molecule has 0 aromatic carbocycles. The molecule has 0 radical (unpaired) electrons. The Labute approximate surface area is 102 Å². The van der Waals surface area contributed by atoms with Crippen LogP contribution < -0.4 is 0 Å². The highest BCUT2D eigenvalue weighted by Gasteiger charge is 2.42. The molecule has 5 heteroatoms. The van der Waals surface area contributed by atoms with Gasteiger partial charge in [-0.1, -0.05) is 26.2 Å². The van der Waals surface area contributed by atoms with E-state index in [1.807, 2.05) is 0 Å². The lowest BCUT2D eigenvalue weighted by Gasteiger charge is -2.38. The van der Waals surface area contributed by atoms with Crippen LogP contribution in [0.15, 0.2) is 0 Å². The van der Waals surface area contributed by atoms with Crippen LogP contribution in [0.25, 0.3) is 0 Å². The number of rotatable bonds is 6. The van der Waals surface area contributed by atoms with Gasteiger partial charge in [-0.15, -0.1) is 0 Å². The van der Waals surface area contributed by atoms with Crippen molar-refractivity contribution < 1.29 is 24.8 Å². The minimum absolute atomic E-state index is 0.497. The first kappa shape index (κ1) is 14.9. The maximum absolute atomic E-state index is 9.67. The van der Waals surface area contributed by atoms with Crippen LogP contribution >= 0.6 is 0 Å². The van der Waals surface area contributed by atoms with Crippen LogP contribution in [0.5, 0.6) is 0 Å². The third-order valence-electron chi connectivity index (χ3n) is 3.09. The van der Waals surface area contributed by atoms with Crippen LogP contribution in [0.4, 0.5) is 0 Å². The maximum atomic E-state index is 9.67. The molecule has 1 saturated heterocycles. The van der Waals surface area contributed by atoms with E-state index in [4.69, 9.17) is 9.47 Å². The van der Waals surface area contributed by atoms with Gasteiger partial charge in [0.05, 0.1) is 6.10 Å². The van der Waals surface area contributed by atoms with Crippen LogP contribution in [0, 0.1) is 0 Å². The quantitative estimate of drug-likeness (QED) is 0.593. The molecule has 1 aliphatic rings. The van der Waals surface area contributed by atoms with E-state index in [0.717, 1.165) is 25.7 Å². The second kappa shape index (κ2) is 7.28. The summed E-state index contributed by atoms with van der Waals surface area (Å²) in [6, 6.07) is 0. The second-order valence-electron chi connectivity index (χ2n) is 4.61. The molecule has 1 aliphatic heterocycles. The smallest absolute Gasteiger partial charge is 0.186 e. The predicted octanol–water partition coefficient (Wildman–Crippen LogP) is 0.411. The fourth-order valence-electron chi connectivity index (χ4n) is 1.88. The van der Waals surface area contributed by atoms with E-state index in [2.05, 4.69) is 6.92 Å². The molecule has 3 N–H and O–H groups in total. The number of aliphatic hydroxyl groups is 3. The minimum atomic E-state index is -1.21. The summed E-state index contributed by atoms with van der Waals surface area (Å²) in [6.07, 6.45) is -0.525. The molecular formula is C12H24O5. The largest absolute Gasteiger partial charge is 0.388 e. The number of aliphatic hydroxyl groups excluding tert-OH is 3. The molecular weight excluding hydrogens is 224 g/mol. The van der Waals surface area contributed by atoms with Crippen molar-refractivity contribution in [2.24, 2.45) is 0 Å². The Morgan fingerprint density at radius 1 is 1.00 bits per heavy atom. The van der Waals surface area contributed by atoms with E-state index >= 15 is 0 Å². The highest BCUT2D eigenvalue weighted by molar-refractivity contribution is 4.87. The summed E-state index contributed by atoms with van der Waals surface area (Å²) < 4.78 is 10.7. The Bertz CT molecular complexity index is 211. The van der Waals surface area contributed by atoms with E-state index in [1.54, 1.807) is 6.92 Å². The van der Waals surface area contributed by atoms with Gasteiger partial charge in [0.1, 0.15) is 18.3 Å². The highest BCUT2D eigenvalue weighted by Crippen LogP contribution is 2.21. The van der Waals surface area contributed by atoms with Crippen molar-refractivity contribution in [3.05, 3.63) is 0 Å². The summed E-state index contributed by atoms with van der Waals surface area (Å²) in [7, 11) is 0. The Balaban J connectivity index is 2.28. The van der Waals surface area contributed by atoms with Gasteiger partial charge in [-0.2, -0.15) is 0 Å². The van der Waals surface area contributed by atoms with Gasteiger partial charge in [-0.05, 0) is 13.3 Å². The van der Waals surface area contributed by atoms with Gasteiger partial charge in [-0.3, -0.25) is 0 Å². The predicted molar refractivity (Wildman–Crippen MR) is 62.4 cm³/mol. The Morgan fingerprint density at radius 3 is 2.35 bits per heavy atom. The molecule has 0 spiro atoms. The monoisotopic (exact) mass is 248 g/mol. The van der Waals surface area contributed by atoms with Gasteiger partial charge in [0.2, 0.25) is 0 Å². The van der Waals surface area contributed by atoms with Gasteiger partial charge >= 0.3 is 0 Å². The molecule has 0 aliphatic carbocycles. The van der Waals surface area contributed by atoms with Crippen LogP contribution in [0.2, 0.25) is 0 Å². The average Bonchev–Trinajstić information content (AvgIpc) is 2.32. The molecule has 0 amide bonds. The molecule has 5 nitrogen and oxygen atoms in total. The Hall–Kier alpha value is -0.200. The molecule has 1 rings (SSSR count). The van der Waals surface area contributed by atoms with Crippen LogP contribution in [-0.4, -0.2) is 52.6 Å². The standard InChI is InChI=1S/C12H24O5/c1-3-4-5-6-7-16-12-11(15)10(14)9(13)8(2)17-12/h8-15H,3-7H2,1-2H3/t8?,9?,10-,11-,12?/m0/s1. The zero-order valence-electron chi connectivity index (χ0n) is 10.6. The van der Waals surface area contributed by atoms with Gasteiger partial charge in [0.15, 0.2) is 6.29 Å². The van der Waals surface area contributed by atoms with Crippen LogP contribution in [0.3, 0.4) is 0 Å². The molecule has 0 saturated carbocycles. The Morgan fingerprint density at radius 2 is 1.71 bits per heavy atom. The summed E-state index contributed by atoms with van der Waals surface area (Å²) in [6.45, 7) is 4.28. The molecule has 102 valence electrons. The van der Waals surface area contributed by atoms with Gasteiger partial charge in [0.25, 0.3) is 0 Å². The van der Waals surface area contributed by atoms with Crippen molar-refractivity contribution in [1.82, 2.24) is 0 Å². The second-order valence-corrected chi connectivity index (χ2v) is 4.61. The molecule has 3 unspecified atom stereocenters. The third-order valence-corrected chi connectivity index (χ3v) is 3.09. The number of unbranched alkanes of at least 4 members (excludes halogenated alkanes) is 3. The zero-order chi connectivity index (χ0) is 12.8. The SMILES string of the molecule is CCCCCCOC1OC(C)C(O)[C@H](O)[C@@H]1O. The number of ether oxygens (including phenoxy) is 2. The zero-order valence-corrected chi connectivity index (χ0v) is 10.6. The van der Waals surface area contributed by atoms with Crippen molar-refractivity contribution in [2.45, 2.75) is 70.2 Å². The van der Waals surface area contributed by atoms with E-state index in [0.29, 0.717) is 6.61 Å². The molecule has 0 aromatic rings. The van der Waals surface area contributed by atoms with Crippen molar-refractivity contribution in [2.75, 3.05) is 6.61 Å². The average molecular weight is 248 g/mol. The van der Waals surface area contributed by atoms with Crippen LogP contribution in [0.1, 0.15) is 39.5 Å². The van der Waals surface area contributed by atoms with Crippen molar-refractivity contribution in [3.8, 4) is 0 Å². The normalized spacial score (nSPS) is 38.3. The topological polar surface area (TPSA) is 79.2 Å². The first-order chi connectivity index (χ1) is 8.07. The van der Waals surface area contributed by atoms with Gasteiger partial charge in [-0.25, -0.2) is 0 Å². The molecule has 1 heterocycles. The third kappa shape index (κ3) is 4.19. The lowest BCUT2D eigenvalue weighted by Crippen LogP contribution is -2.57. The van der Waals surface area contributed by atoms with Gasteiger partial charge in [0, 0.05) is 6.61 Å². The maximum Gasteiger partial charge on any atom is 0.186 e. The molecule has 0 aromatic heterocycles. The first-order valence-corrected chi connectivity index (χ1v) is 6.39. The van der Waals surface area contributed by atoms with E-state index in [1.165, 1.54) is 0 Å². The van der Waals surface area contributed by atoms with Crippen LogP contribution in [-0.2, 0) is 9.47 Å². The number of hydrogen-bond donors (Lipinski definition) is 3. The minimum Gasteiger partial charge on any atom is -0.388 e. The van der Waals surface area contributed by atoms with Crippen molar-refractivity contribution in [1.29, 1.82) is 0 Å². The summed E-state index contributed by atoms with van der Waals surface area (Å²) in [5.74, 6) is 0. The molecule has 0 bridgehead atoms. The van der Waals surface area contributed by atoms with E-state index in [-0.39, 0.29) is 0 Å². The number of hydrogen-bond acceptors (Lipinski definition) is 5.